The average Bonchev–Trinajstić information content (AvgIpc) is 3.34. The number of rotatable bonds is 3. The molecule has 27 heavy (non-hydrogen) atoms. The van der Waals surface area contributed by atoms with E-state index in [4.69, 9.17) is 13.9 Å². The van der Waals surface area contributed by atoms with Crippen molar-refractivity contribution in [1.29, 1.82) is 0 Å². The molecule has 2 aromatic carbocycles. The van der Waals surface area contributed by atoms with E-state index in [0.29, 0.717) is 36.4 Å². The van der Waals surface area contributed by atoms with Crippen LogP contribution in [0.3, 0.4) is 0 Å². The Morgan fingerprint density at radius 3 is 2.85 bits per heavy atom. The molecule has 0 aliphatic carbocycles. The third kappa shape index (κ3) is 2.95. The van der Waals surface area contributed by atoms with Gasteiger partial charge in [-0.05, 0) is 37.1 Å². The van der Waals surface area contributed by atoms with E-state index < -0.39 is 0 Å². The Labute approximate surface area is 155 Å². The van der Waals surface area contributed by atoms with Crippen molar-refractivity contribution in [3.05, 3.63) is 42.5 Å². The molecule has 0 saturated carbocycles. The number of carbonyl (C=O) groups excluding carboxylic acids is 1. The number of hydrogen-bond acceptors (Lipinski definition) is 6. The second-order valence-electron chi connectivity index (χ2n) is 6.66. The molecule has 1 N–H and O–H groups in total. The minimum absolute atomic E-state index is 0.0774. The zero-order valence-electron chi connectivity index (χ0n) is 14.7. The Hall–Kier alpha value is -3.22. The van der Waals surface area contributed by atoms with Gasteiger partial charge in [-0.15, -0.1) is 0 Å². The molecule has 138 valence electrons. The van der Waals surface area contributed by atoms with Gasteiger partial charge in [-0.2, -0.15) is 4.98 Å². The number of para-hydroxylation sites is 2. The van der Waals surface area contributed by atoms with Crippen LogP contribution in [0.25, 0.3) is 11.1 Å². The Bertz CT molecular complexity index is 967. The fourth-order valence-corrected chi connectivity index (χ4v) is 3.60. The second-order valence-corrected chi connectivity index (χ2v) is 6.66. The number of carbonyl (C=O) groups is 1. The van der Waals surface area contributed by atoms with Crippen LogP contribution in [0.4, 0.5) is 11.7 Å². The van der Waals surface area contributed by atoms with Gasteiger partial charge in [0.15, 0.2) is 17.1 Å². The molecule has 1 aromatic heterocycles. The molecule has 0 unspecified atom stereocenters. The molecule has 2 aliphatic heterocycles. The third-order valence-electron chi connectivity index (χ3n) is 4.89. The fourth-order valence-electron chi connectivity index (χ4n) is 3.60. The van der Waals surface area contributed by atoms with Crippen LogP contribution in [0.5, 0.6) is 11.5 Å². The molecule has 3 aromatic rings. The Balaban J connectivity index is 1.36. The van der Waals surface area contributed by atoms with E-state index in [1.165, 1.54) is 0 Å². The number of ether oxygens (including phenoxy) is 2. The van der Waals surface area contributed by atoms with Crippen LogP contribution in [0.15, 0.2) is 46.9 Å². The summed E-state index contributed by atoms with van der Waals surface area (Å²) in [5, 5.41) is 2.98. The maximum Gasteiger partial charge on any atom is 0.299 e. The van der Waals surface area contributed by atoms with Crippen LogP contribution in [0, 0.1) is 0 Å². The largest absolute Gasteiger partial charge is 0.486 e. The third-order valence-corrected chi connectivity index (χ3v) is 4.89. The highest BCUT2D eigenvalue weighted by Gasteiger charge is 2.34. The van der Waals surface area contributed by atoms with Crippen molar-refractivity contribution in [3.8, 4) is 11.5 Å². The van der Waals surface area contributed by atoms with E-state index in [-0.39, 0.29) is 11.9 Å². The highest BCUT2D eigenvalue weighted by Crippen LogP contribution is 2.33. The fraction of sp³-hybridized carbons (Fsp3) is 0.300. The van der Waals surface area contributed by atoms with E-state index in [1.807, 2.05) is 41.3 Å². The normalized spacial score (nSPS) is 18.7. The number of amides is 1. The monoisotopic (exact) mass is 365 g/mol. The van der Waals surface area contributed by atoms with Gasteiger partial charge in [-0.1, -0.05) is 12.1 Å². The number of aromatic nitrogens is 1. The Kier molecular flexibility index (Phi) is 3.85. The first kappa shape index (κ1) is 16.0. The SMILES string of the molecule is O=C(Nc1ccc2c(c1)OCCO2)[C@H]1CCCN1c1nc2ccccc2o1. The first-order chi connectivity index (χ1) is 13.3. The van der Waals surface area contributed by atoms with E-state index in [2.05, 4.69) is 10.3 Å². The summed E-state index contributed by atoms with van der Waals surface area (Å²) in [4.78, 5) is 19.4. The number of nitrogens with one attached hydrogen (secondary N) is 1. The maximum atomic E-state index is 12.9. The first-order valence-corrected chi connectivity index (χ1v) is 9.11. The Morgan fingerprint density at radius 1 is 1.11 bits per heavy atom. The van der Waals surface area contributed by atoms with Crippen LogP contribution < -0.4 is 19.7 Å². The molecule has 0 radical (unpaired) electrons. The van der Waals surface area contributed by atoms with Gasteiger partial charge >= 0.3 is 0 Å². The lowest BCUT2D eigenvalue weighted by atomic mass is 10.2. The van der Waals surface area contributed by atoms with Crippen molar-refractivity contribution in [2.24, 2.45) is 0 Å². The van der Waals surface area contributed by atoms with Crippen LogP contribution in [0.1, 0.15) is 12.8 Å². The van der Waals surface area contributed by atoms with Gasteiger partial charge in [0, 0.05) is 18.3 Å². The van der Waals surface area contributed by atoms with Gasteiger partial charge in [0.05, 0.1) is 0 Å². The standard InChI is InChI=1S/C20H19N3O4/c24-19(21-13-7-8-17-18(12-13)26-11-10-25-17)15-5-3-9-23(15)20-22-14-4-1-2-6-16(14)27-20/h1-2,4,6-8,12,15H,3,5,9-11H2,(H,21,24)/t15-/m1/s1. The van der Waals surface area contributed by atoms with Crippen molar-refractivity contribution in [2.45, 2.75) is 18.9 Å². The van der Waals surface area contributed by atoms with Crippen LogP contribution in [-0.4, -0.2) is 36.7 Å². The van der Waals surface area contributed by atoms with E-state index in [0.717, 1.165) is 30.5 Å². The predicted octanol–water partition coefficient (Wildman–Crippen LogP) is 3.21. The van der Waals surface area contributed by atoms with Gasteiger partial charge in [-0.3, -0.25) is 4.79 Å². The minimum Gasteiger partial charge on any atom is -0.486 e. The van der Waals surface area contributed by atoms with Crippen LogP contribution >= 0.6 is 0 Å². The number of nitrogens with zero attached hydrogens (tertiary/aromatic N) is 2. The molecule has 3 heterocycles. The molecule has 1 atom stereocenters. The maximum absolute atomic E-state index is 12.9. The molecule has 7 nitrogen and oxygen atoms in total. The van der Waals surface area contributed by atoms with Gasteiger partial charge in [0.25, 0.3) is 6.01 Å². The lowest BCUT2D eigenvalue weighted by molar-refractivity contribution is -0.117. The summed E-state index contributed by atoms with van der Waals surface area (Å²) < 4.78 is 17.0. The molecule has 1 amide bonds. The second kappa shape index (κ2) is 6.50. The van der Waals surface area contributed by atoms with Crippen LogP contribution in [-0.2, 0) is 4.79 Å². The van der Waals surface area contributed by atoms with E-state index in [9.17, 15) is 4.79 Å². The zero-order valence-corrected chi connectivity index (χ0v) is 14.7. The van der Waals surface area contributed by atoms with Crippen molar-refractivity contribution >= 4 is 28.7 Å². The van der Waals surface area contributed by atoms with Gasteiger partial charge in [-0.25, -0.2) is 0 Å². The molecule has 0 bridgehead atoms. The molecule has 7 heteroatoms. The number of oxazole rings is 1. The number of hydrogen-bond donors (Lipinski definition) is 1. The summed E-state index contributed by atoms with van der Waals surface area (Å²) >= 11 is 0. The Morgan fingerprint density at radius 2 is 1.96 bits per heavy atom. The summed E-state index contributed by atoms with van der Waals surface area (Å²) in [6, 6.07) is 13.2. The molecular formula is C20H19N3O4. The van der Waals surface area contributed by atoms with Gasteiger partial charge in [0.1, 0.15) is 24.8 Å². The van der Waals surface area contributed by atoms with E-state index >= 15 is 0 Å². The molecule has 1 fully saturated rings. The molecule has 1 saturated heterocycles. The predicted molar refractivity (Wildman–Crippen MR) is 100 cm³/mol. The lowest BCUT2D eigenvalue weighted by Crippen LogP contribution is -2.39. The summed E-state index contributed by atoms with van der Waals surface area (Å²) in [6.07, 6.45) is 1.67. The summed E-state index contributed by atoms with van der Waals surface area (Å²) in [5.74, 6) is 1.28. The topological polar surface area (TPSA) is 76.8 Å². The zero-order chi connectivity index (χ0) is 18.2. The van der Waals surface area contributed by atoms with Crippen molar-refractivity contribution in [1.82, 2.24) is 4.98 Å². The molecular weight excluding hydrogens is 346 g/mol. The van der Waals surface area contributed by atoms with E-state index in [1.54, 1.807) is 6.07 Å². The smallest absolute Gasteiger partial charge is 0.299 e. The van der Waals surface area contributed by atoms with Crippen molar-refractivity contribution in [3.63, 3.8) is 0 Å². The highest BCUT2D eigenvalue weighted by atomic mass is 16.6. The minimum atomic E-state index is -0.314. The van der Waals surface area contributed by atoms with Crippen LogP contribution in [0.2, 0.25) is 0 Å². The quantitative estimate of drug-likeness (QED) is 0.768. The van der Waals surface area contributed by atoms with Crippen molar-refractivity contribution in [2.75, 3.05) is 30.0 Å². The number of benzene rings is 2. The van der Waals surface area contributed by atoms with Gasteiger partial charge in [0.2, 0.25) is 5.91 Å². The highest BCUT2D eigenvalue weighted by molar-refractivity contribution is 5.97. The molecule has 5 rings (SSSR count). The summed E-state index contributed by atoms with van der Waals surface area (Å²) in [7, 11) is 0. The number of fused-ring (bicyclic) bond motifs is 2. The average molecular weight is 365 g/mol. The lowest BCUT2D eigenvalue weighted by Gasteiger charge is -2.23. The molecule has 0 spiro atoms. The summed E-state index contributed by atoms with van der Waals surface area (Å²) in [5.41, 5.74) is 2.21. The summed E-state index contributed by atoms with van der Waals surface area (Å²) in [6.45, 7) is 1.80. The molecule has 2 aliphatic rings. The van der Waals surface area contributed by atoms with Crippen molar-refractivity contribution < 1.29 is 18.7 Å². The van der Waals surface area contributed by atoms with Gasteiger partial charge < -0.3 is 24.1 Å². The number of anilines is 2. The first-order valence-electron chi connectivity index (χ1n) is 9.11.